The van der Waals surface area contributed by atoms with Crippen molar-refractivity contribution in [2.45, 2.75) is 31.6 Å². The SMILES string of the molecule is COC(=O)CC(C=O)C1CC(C(=O)P)C(C=O)c2cc(C)ccc21. The Morgan fingerprint density at radius 3 is 2.58 bits per heavy atom. The Morgan fingerprint density at radius 2 is 2.04 bits per heavy atom. The van der Waals surface area contributed by atoms with Crippen molar-refractivity contribution in [1.29, 1.82) is 0 Å². The van der Waals surface area contributed by atoms with E-state index in [0.29, 0.717) is 6.42 Å². The third kappa shape index (κ3) is 3.62. The lowest BCUT2D eigenvalue weighted by Gasteiger charge is -2.36. The molecule has 1 aromatic rings. The number of fused-ring (bicyclic) bond motifs is 1. The predicted molar refractivity (Wildman–Crippen MR) is 91.7 cm³/mol. The zero-order chi connectivity index (χ0) is 17.9. The van der Waals surface area contributed by atoms with Crippen LogP contribution >= 0.6 is 9.24 Å². The van der Waals surface area contributed by atoms with Crippen molar-refractivity contribution < 1.29 is 23.9 Å². The summed E-state index contributed by atoms with van der Waals surface area (Å²) >= 11 is 0. The maximum Gasteiger partial charge on any atom is 0.306 e. The standard InChI is InChI=1S/C18H21O5P/c1-10-3-4-12-13(11(8-19)6-17(21)23-2)7-15(18(22)24)16(9-20)14(12)5-10/h3-5,8-9,11,13,15-16H,6-7,24H2,1-2H3. The van der Waals surface area contributed by atoms with Crippen molar-refractivity contribution >= 4 is 33.3 Å². The molecule has 5 unspecified atom stereocenters. The van der Waals surface area contributed by atoms with Gasteiger partial charge in [-0.2, -0.15) is 0 Å². The number of hydrogen-bond donors (Lipinski definition) is 0. The highest BCUT2D eigenvalue weighted by molar-refractivity contribution is 7.40. The predicted octanol–water partition coefficient (Wildman–Crippen LogP) is 2.16. The fraction of sp³-hybridized carbons (Fsp3) is 0.444. The van der Waals surface area contributed by atoms with Gasteiger partial charge in [0.15, 0.2) is 5.52 Å². The van der Waals surface area contributed by atoms with E-state index in [9.17, 15) is 19.2 Å². The van der Waals surface area contributed by atoms with Crippen LogP contribution in [0.25, 0.3) is 0 Å². The van der Waals surface area contributed by atoms with Crippen LogP contribution in [0.15, 0.2) is 18.2 Å². The van der Waals surface area contributed by atoms with E-state index in [1.54, 1.807) is 0 Å². The van der Waals surface area contributed by atoms with Gasteiger partial charge in [-0.15, -0.1) is 0 Å². The Hall–Kier alpha value is -1.87. The van der Waals surface area contributed by atoms with E-state index in [1.807, 2.05) is 25.1 Å². The minimum atomic E-state index is -0.585. The Labute approximate surface area is 143 Å². The number of hydrogen-bond acceptors (Lipinski definition) is 5. The third-order valence-corrected chi connectivity index (χ3v) is 5.20. The Kier molecular flexibility index (Phi) is 6.00. The third-order valence-electron chi connectivity index (χ3n) is 4.78. The second kappa shape index (κ2) is 7.80. The normalized spacial score (nSPS) is 23.7. The van der Waals surface area contributed by atoms with E-state index in [2.05, 4.69) is 14.0 Å². The van der Waals surface area contributed by atoms with E-state index in [1.165, 1.54) is 7.11 Å². The van der Waals surface area contributed by atoms with E-state index in [0.717, 1.165) is 29.3 Å². The van der Waals surface area contributed by atoms with Crippen molar-refractivity contribution in [3.63, 3.8) is 0 Å². The number of aldehydes is 2. The lowest BCUT2D eigenvalue weighted by Crippen LogP contribution is -2.33. The van der Waals surface area contributed by atoms with Gasteiger partial charge < -0.3 is 14.3 Å². The van der Waals surface area contributed by atoms with Crippen molar-refractivity contribution in [2.75, 3.05) is 7.11 Å². The first kappa shape index (κ1) is 18.5. The highest BCUT2D eigenvalue weighted by atomic mass is 31.0. The van der Waals surface area contributed by atoms with Crippen LogP contribution in [0, 0.1) is 18.8 Å². The average molecular weight is 348 g/mol. The molecule has 2 rings (SSSR count). The molecule has 6 heteroatoms. The molecule has 0 N–H and O–H groups in total. The van der Waals surface area contributed by atoms with Gasteiger partial charge in [0.25, 0.3) is 0 Å². The van der Waals surface area contributed by atoms with Crippen LogP contribution in [0.1, 0.15) is 41.4 Å². The van der Waals surface area contributed by atoms with Gasteiger partial charge in [0, 0.05) is 17.8 Å². The highest BCUT2D eigenvalue weighted by Crippen LogP contribution is 2.46. The summed E-state index contributed by atoms with van der Waals surface area (Å²) in [5, 5.41) is 0. The topological polar surface area (TPSA) is 77.5 Å². The van der Waals surface area contributed by atoms with E-state index >= 15 is 0 Å². The molecule has 128 valence electrons. The lowest BCUT2D eigenvalue weighted by molar-refractivity contribution is -0.143. The number of carbonyl (C=O) groups is 4. The van der Waals surface area contributed by atoms with Crippen molar-refractivity contribution in [3.8, 4) is 0 Å². The van der Waals surface area contributed by atoms with Crippen LogP contribution < -0.4 is 0 Å². The molecule has 0 spiro atoms. The molecule has 0 radical (unpaired) electrons. The van der Waals surface area contributed by atoms with Gasteiger partial charge in [-0.3, -0.25) is 9.59 Å². The Balaban J connectivity index is 2.51. The zero-order valence-electron chi connectivity index (χ0n) is 13.7. The number of rotatable bonds is 6. The van der Waals surface area contributed by atoms with Crippen LogP contribution in [-0.2, 0) is 23.9 Å². The summed E-state index contributed by atoms with van der Waals surface area (Å²) in [6.07, 6.45) is 1.87. The summed E-state index contributed by atoms with van der Waals surface area (Å²) in [5.41, 5.74) is 2.46. The molecule has 1 aliphatic rings. The summed E-state index contributed by atoms with van der Waals surface area (Å²) in [4.78, 5) is 46.8. The van der Waals surface area contributed by atoms with Crippen LogP contribution in [0.2, 0.25) is 0 Å². The molecule has 0 aromatic heterocycles. The van der Waals surface area contributed by atoms with Gasteiger partial charge in [-0.05, 0) is 30.4 Å². The second-order valence-electron chi connectivity index (χ2n) is 6.23. The fourth-order valence-corrected chi connectivity index (χ4v) is 3.86. The van der Waals surface area contributed by atoms with Gasteiger partial charge in [-0.1, -0.05) is 33.0 Å². The summed E-state index contributed by atoms with van der Waals surface area (Å²) in [7, 11) is 3.41. The molecule has 0 heterocycles. The molecule has 5 atom stereocenters. The number of esters is 1. The van der Waals surface area contributed by atoms with Crippen molar-refractivity contribution in [2.24, 2.45) is 11.8 Å². The first-order chi connectivity index (χ1) is 11.4. The molecule has 0 fully saturated rings. The molecule has 0 aliphatic heterocycles. The van der Waals surface area contributed by atoms with Gasteiger partial charge in [0.1, 0.15) is 12.6 Å². The number of methoxy groups -OCH3 is 1. The fourth-order valence-electron chi connectivity index (χ4n) is 3.51. The number of aryl methyl sites for hydroxylation is 1. The molecule has 0 saturated heterocycles. The lowest BCUT2D eigenvalue weighted by atomic mass is 9.66. The maximum absolute atomic E-state index is 12.0. The molecule has 5 nitrogen and oxygen atoms in total. The molecule has 1 aromatic carbocycles. The molecule has 24 heavy (non-hydrogen) atoms. The van der Waals surface area contributed by atoms with Crippen LogP contribution in [-0.4, -0.2) is 31.2 Å². The highest BCUT2D eigenvalue weighted by Gasteiger charge is 2.40. The van der Waals surface area contributed by atoms with Gasteiger partial charge in [0.2, 0.25) is 0 Å². The van der Waals surface area contributed by atoms with Gasteiger partial charge in [-0.25, -0.2) is 0 Å². The van der Waals surface area contributed by atoms with E-state index in [-0.39, 0.29) is 17.9 Å². The Bertz CT molecular complexity index is 669. The van der Waals surface area contributed by atoms with Crippen molar-refractivity contribution in [1.82, 2.24) is 0 Å². The van der Waals surface area contributed by atoms with E-state index < -0.39 is 23.7 Å². The number of ether oxygens (including phenoxy) is 1. The smallest absolute Gasteiger partial charge is 0.306 e. The summed E-state index contributed by atoms with van der Waals surface area (Å²) in [6.45, 7) is 1.91. The number of carbonyl (C=O) groups excluding carboxylic acids is 4. The van der Waals surface area contributed by atoms with Crippen LogP contribution in [0.4, 0.5) is 0 Å². The summed E-state index contributed by atoms with van der Waals surface area (Å²) in [6, 6.07) is 5.70. The Morgan fingerprint density at radius 1 is 1.33 bits per heavy atom. The minimum Gasteiger partial charge on any atom is -0.469 e. The molecule has 0 amide bonds. The molecule has 1 aliphatic carbocycles. The van der Waals surface area contributed by atoms with Crippen LogP contribution in [0.5, 0.6) is 0 Å². The number of benzene rings is 1. The van der Waals surface area contributed by atoms with Crippen LogP contribution in [0.3, 0.4) is 0 Å². The molecule has 0 saturated carbocycles. The second-order valence-corrected chi connectivity index (χ2v) is 6.79. The first-order valence-electron chi connectivity index (χ1n) is 7.80. The maximum atomic E-state index is 12.0. The van der Waals surface area contributed by atoms with Crippen molar-refractivity contribution in [3.05, 3.63) is 34.9 Å². The molecular formula is C18H21O5P. The quantitative estimate of drug-likeness (QED) is 0.447. The minimum absolute atomic E-state index is 0.0402. The van der Waals surface area contributed by atoms with E-state index in [4.69, 9.17) is 0 Å². The first-order valence-corrected chi connectivity index (χ1v) is 8.37. The van der Waals surface area contributed by atoms with Gasteiger partial charge >= 0.3 is 5.97 Å². The summed E-state index contributed by atoms with van der Waals surface area (Å²) in [5.74, 6) is -2.37. The molecule has 0 bridgehead atoms. The largest absolute Gasteiger partial charge is 0.469 e. The molecular weight excluding hydrogens is 327 g/mol. The summed E-state index contributed by atoms with van der Waals surface area (Å²) < 4.78 is 4.67. The monoisotopic (exact) mass is 348 g/mol. The van der Waals surface area contributed by atoms with Gasteiger partial charge in [0.05, 0.1) is 13.5 Å². The zero-order valence-corrected chi connectivity index (χ0v) is 14.9. The average Bonchev–Trinajstić information content (AvgIpc) is 2.57.